The van der Waals surface area contributed by atoms with Crippen molar-refractivity contribution in [3.63, 3.8) is 0 Å². The van der Waals surface area contributed by atoms with Crippen molar-refractivity contribution in [2.45, 2.75) is 13.0 Å². The van der Waals surface area contributed by atoms with E-state index in [4.69, 9.17) is 9.47 Å². The first-order valence-electron chi connectivity index (χ1n) is 9.31. The number of nitrogens with one attached hydrogen (secondary N) is 3. The van der Waals surface area contributed by atoms with Crippen molar-refractivity contribution in [1.82, 2.24) is 16.0 Å². The molecule has 0 aromatic heterocycles. The highest BCUT2D eigenvalue weighted by Crippen LogP contribution is 2.13. The van der Waals surface area contributed by atoms with Gasteiger partial charge in [0.15, 0.2) is 5.96 Å². The number of carbonyl (C=O) groups excluding carboxylic acids is 1. The van der Waals surface area contributed by atoms with Gasteiger partial charge in [0, 0.05) is 25.7 Å². The number of rotatable bonds is 9. The lowest BCUT2D eigenvalue weighted by Gasteiger charge is -2.18. The predicted octanol–water partition coefficient (Wildman–Crippen LogP) is 2.81. The zero-order valence-corrected chi connectivity index (χ0v) is 19.6. The van der Waals surface area contributed by atoms with Gasteiger partial charge in [-0.25, -0.2) is 4.39 Å². The van der Waals surface area contributed by atoms with E-state index in [-0.39, 0.29) is 41.8 Å². The second-order valence-corrected chi connectivity index (χ2v) is 6.25. The maximum atomic E-state index is 12.9. The normalized spacial score (nSPS) is 11.7. The molecule has 2 aromatic rings. The van der Waals surface area contributed by atoms with E-state index in [1.54, 1.807) is 50.6 Å². The van der Waals surface area contributed by atoms with E-state index in [0.717, 1.165) is 0 Å². The number of nitrogens with zero attached hydrogens (tertiary/aromatic N) is 1. The smallest absolute Gasteiger partial charge is 0.251 e. The monoisotopic (exact) mass is 530 g/mol. The molecule has 0 fully saturated rings. The van der Waals surface area contributed by atoms with Crippen molar-refractivity contribution >= 4 is 35.8 Å². The number of amides is 1. The van der Waals surface area contributed by atoms with Gasteiger partial charge in [-0.2, -0.15) is 0 Å². The third-order valence-corrected chi connectivity index (χ3v) is 3.99. The summed E-state index contributed by atoms with van der Waals surface area (Å²) in [5.41, 5.74) is 0.570. The first-order chi connectivity index (χ1) is 14.0. The molecule has 0 aliphatic heterocycles. The Morgan fingerprint density at radius 2 is 1.60 bits per heavy atom. The molecule has 2 rings (SSSR count). The fourth-order valence-electron chi connectivity index (χ4n) is 2.45. The highest BCUT2D eigenvalue weighted by atomic mass is 127. The van der Waals surface area contributed by atoms with Gasteiger partial charge in [-0.05, 0) is 55.5 Å². The molecular weight excluding hydrogens is 502 g/mol. The minimum Gasteiger partial charge on any atom is -0.497 e. The first-order valence-corrected chi connectivity index (χ1v) is 9.31. The molecule has 0 heterocycles. The second kappa shape index (κ2) is 13.6. The molecule has 9 heteroatoms. The van der Waals surface area contributed by atoms with E-state index >= 15 is 0 Å². The van der Waals surface area contributed by atoms with Gasteiger partial charge in [-0.1, -0.05) is 0 Å². The van der Waals surface area contributed by atoms with Crippen molar-refractivity contribution in [2.24, 2.45) is 4.99 Å². The van der Waals surface area contributed by atoms with E-state index in [0.29, 0.717) is 42.7 Å². The average molecular weight is 530 g/mol. The molecule has 30 heavy (non-hydrogen) atoms. The summed E-state index contributed by atoms with van der Waals surface area (Å²) < 4.78 is 23.7. The molecule has 0 bridgehead atoms. The summed E-state index contributed by atoms with van der Waals surface area (Å²) in [6.07, 6.45) is -0.145. The van der Waals surface area contributed by atoms with Gasteiger partial charge in [-0.3, -0.25) is 9.79 Å². The summed E-state index contributed by atoms with van der Waals surface area (Å²) in [5.74, 6) is 1.45. The number of guanidine groups is 1. The molecule has 1 unspecified atom stereocenters. The van der Waals surface area contributed by atoms with Crippen LogP contribution in [-0.2, 0) is 0 Å². The number of hydrogen-bond donors (Lipinski definition) is 3. The highest BCUT2D eigenvalue weighted by molar-refractivity contribution is 14.0. The number of halogens is 2. The van der Waals surface area contributed by atoms with Crippen molar-refractivity contribution in [1.29, 1.82) is 0 Å². The number of benzene rings is 2. The summed E-state index contributed by atoms with van der Waals surface area (Å²) in [4.78, 5) is 16.2. The quantitative estimate of drug-likeness (QED) is 0.201. The summed E-state index contributed by atoms with van der Waals surface area (Å²) >= 11 is 0. The van der Waals surface area contributed by atoms with Crippen LogP contribution in [0.4, 0.5) is 4.39 Å². The molecule has 164 valence electrons. The van der Waals surface area contributed by atoms with Crippen molar-refractivity contribution in [3.05, 3.63) is 59.9 Å². The molecule has 0 saturated carbocycles. The van der Waals surface area contributed by atoms with Gasteiger partial charge in [0.2, 0.25) is 0 Å². The minimum absolute atomic E-state index is 0. The lowest BCUT2D eigenvalue weighted by atomic mass is 10.2. The van der Waals surface area contributed by atoms with E-state index in [1.165, 1.54) is 12.1 Å². The van der Waals surface area contributed by atoms with Gasteiger partial charge in [0.1, 0.15) is 23.4 Å². The summed E-state index contributed by atoms with van der Waals surface area (Å²) in [7, 11) is 3.24. The maximum absolute atomic E-state index is 12.9. The van der Waals surface area contributed by atoms with E-state index < -0.39 is 0 Å². The number of hydrogen-bond acceptors (Lipinski definition) is 4. The van der Waals surface area contributed by atoms with Crippen molar-refractivity contribution < 1.29 is 18.7 Å². The van der Waals surface area contributed by atoms with Gasteiger partial charge in [-0.15, -0.1) is 24.0 Å². The Balaban J connectivity index is 0.00000450. The summed E-state index contributed by atoms with van der Waals surface area (Å²) in [6, 6.07) is 12.8. The van der Waals surface area contributed by atoms with Crippen LogP contribution in [0.5, 0.6) is 11.5 Å². The third-order valence-electron chi connectivity index (χ3n) is 3.99. The molecule has 2 aromatic carbocycles. The van der Waals surface area contributed by atoms with Crippen LogP contribution >= 0.6 is 24.0 Å². The Morgan fingerprint density at radius 1 is 1.00 bits per heavy atom. The second-order valence-electron chi connectivity index (χ2n) is 6.25. The van der Waals surface area contributed by atoms with Gasteiger partial charge >= 0.3 is 0 Å². The molecule has 0 radical (unpaired) electrons. The molecule has 3 N–H and O–H groups in total. The Hall–Kier alpha value is -2.56. The topological polar surface area (TPSA) is 84.0 Å². The molecule has 0 aliphatic carbocycles. The SMILES string of the molecule is CN=C(NCCNC(=O)c1ccc(OC)cc1)NCC(C)Oc1ccc(F)cc1.I. The Morgan fingerprint density at radius 3 is 2.20 bits per heavy atom. The number of ether oxygens (including phenoxy) is 2. The van der Waals surface area contributed by atoms with E-state index in [9.17, 15) is 9.18 Å². The first kappa shape index (κ1) is 25.5. The lowest BCUT2D eigenvalue weighted by molar-refractivity contribution is 0.0954. The number of carbonyl (C=O) groups is 1. The summed E-state index contributed by atoms with van der Waals surface area (Å²) in [5, 5.41) is 9.10. The molecule has 0 aliphatic rings. The third kappa shape index (κ3) is 8.85. The largest absolute Gasteiger partial charge is 0.497 e. The van der Waals surface area contributed by atoms with E-state index in [2.05, 4.69) is 20.9 Å². The molecule has 0 saturated heterocycles. The van der Waals surface area contributed by atoms with Gasteiger partial charge < -0.3 is 25.4 Å². The fraction of sp³-hybridized carbons (Fsp3) is 0.333. The van der Waals surface area contributed by atoms with E-state index in [1.807, 2.05) is 6.92 Å². The highest BCUT2D eigenvalue weighted by Gasteiger charge is 2.07. The molecule has 1 atom stereocenters. The Kier molecular flexibility index (Phi) is 11.6. The van der Waals surface area contributed by atoms with Gasteiger partial charge in [0.05, 0.1) is 13.7 Å². The minimum atomic E-state index is -0.299. The van der Waals surface area contributed by atoms with Crippen LogP contribution in [0.15, 0.2) is 53.5 Å². The molecule has 1 amide bonds. The van der Waals surface area contributed by atoms with Crippen LogP contribution < -0.4 is 25.4 Å². The van der Waals surface area contributed by atoms with Gasteiger partial charge in [0.25, 0.3) is 5.91 Å². The lowest BCUT2D eigenvalue weighted by Crippen LogP contribution is -2.44. The molecule has 0 spiro atoms. The fourth-order valence-corrected chi connectivity index (χ4v) is 2.45. The number of aliphatic imine (C=N–C) groups is 1. The van der Waals surface area contributed by atoms with Crippen LogP contribution in [0.1, 0.15) is 17.3 Å². The van der Waals surface area contributed by atoms with Crippen LogP contribution in [0, 0.1) is 5.82 Å². The molecular formula is C21H28FIN4O3. The van der Waals surface area contributed by atoms with Crippen LogP contribution in [0.25, 0.3) is 0 Å². The number of methoxy groups -OCH3 is 1. The Labute approximate surface area is 193 Å². The van der Waals surface area contributed by atoms with Crippen molar-refractivity contribution in [3.8, 4) is 11.5 Å². The van der Waals surface area contributed by atoms with Crippen LogP contribution in [0.3, 0.4) is 0 Å². The maximum Gasteiger partial charge on any atom is 0.251 e. The molecule has 7 nitrogen and oxygen atoms in total. The summed E-state index contributed by atoms with van der Waals surface area (Å²) in [6.45, 7) is 3.36. The van der Waals surface area contributed by atoms with Crippen LogP contribution in [-0.4, -0.2) is 51.8 Å². The Bertz CT molecular complexity index is 801. The van der Waals surface area contributed by atoms with Crippen LogP contribution in [0.2, 0.25) is 0 Å². The average Bonchev–Trinajstić information content (AvgIpc) is 2.74. The predicted molar refractivity (Wildman–Crippen MR) is 127 cm³/mol. The standard InChI is InChI=1S/C21H27FN4O3.HI/c1-15(29-19-10-6-17(22)7-11-19)14-26-21(23-2)25-13-12-24-20(27)16-4-8-18(28-3)9-5-16;/h4-11,15H,12-14H2,1-3H3,(H,24,27)(H2,23,25,26);1H. The zero-order valence-electron chi connectivity index (χ0n) is 17.3. The zero-order chi connectivity index (χ0) is 21.1. The van der Waals surface area contributed by atoms with Crippen molar-refractivity contribution in [2.75, 3.05) is 33.8 Å².